The average Bonchev–Trinajstić information content (AvgIpc) is 2.39. The van der Waals surface area contributed by atoms with Gasteiger partial charge in [-0.3, -0.25) is 0 Å². The van der Waals surface area contributed by atoms with Gasteiger partial charge in [0.1, 0.15) is 18.2 Å². The third-order valence-electron chi connectivity index (χ3n) is 3.07. The molecule has 1 atom stereocenters. The SMILES string of the molecule is Cc1ccc(OCc2ccc(F)cc2)c(CC(C)N)c1. The van der Waals surface area contributed by atoms with Crippen LogP contribution in [0.25, 0.3) is 0 Å². The number of halogens is 1. The van der Waals surface area contributed by atoms with Crippen molar-refractivity contribution >= 4 is 0 Å². The van der Waals surface area contributed by atoms with Crippen LogP contribution in [0.2, 0.25) is 0 Å². The van der Waals surface area contributed by atoms with Gasteiger partial charge in [-0.25, -0.2) is 4.39 Å². The maximum Gasteiger partial charge on any atom is 0.123 e. The highest BCUT2D eigenvalue weighted by atomic mass is 19.1. The maximum absolute atomic E-state index is 12.8. The molecule has 0 saturated heterocycles. The lowest BCUT2D eigenvalue weighted by Crippen LogP contribution is -2.18. The lowest BCUT2D eigenvalue weighted by molar-refractivity contribution is 0.302. The lowest BCUT2D eigenvalue weighted by atomic mass is 10.0. The first-order valence-electron chi connectivity index (χ1n) is 6.77. The molecule has 2 N–H and O–H groups in total. The third-order valence-corrected chi connectivity index (χ3v) is 3.07. The zero-order valence-electron chi connectivity index (χ0n) is 11.9. The minimum Gasteiger partial charge on any atom is -0.489 e. The van der Waals surface area contributed by atoms with Crippen molar-refractivity contribution in [1.82, 2.24) is 0 Å². The van der Waals surface area contributed by atoms with Crippen LogP contribution in [0.15, 0.2) is 42.5 Å². The van der Waals surface area contributed by atoms with E-state index in [0.29, 0.717) is 6.61 Å². The third kappa shape index (κ3) is 4.07. The van der Waals surface area contributed by atoms with Crippen molar-refractivity contribution in [2.24, 2.45) is 5.73 Å². The fourth-order valence-electron chi connectivity index (χ4n) is 2.10. The van der Waals surface area contributed by atoms with Crippen LogP contribution in [0.5, 0.6) is 5.75 Å². The van der Waals surface area contributed by atoms with E-state index in [1.165, 1.54) is 17.7 Å². The number of aryl methyl sites for hydroxylation is 1. The molecule has 0 amide bonds. The van der Waals surface area contributed by atoms with Gasteiger partial charge in [-0.15, -0.1) is 0 Å². The van der Waals surface area contributed by atoms with Gasteiger partial charge >= 0.3 is 0 Å². The first-order chi connectivity index (χ1) is 9.54. The van der Waals surface area contributed by atoms with Crippen LogP contribution in [0.3, 0.4) is 0 Å². The highest BCUT2D eigenvalue weighted by Crippen LogP contribution is 2.22. The summed E-state index contributed by atoms with van der Waals surface area (Å²) in [6.45, 7) is 4.45. The van der Waals surface area contributed by atoms with E-state index in [2.05, 4.69) is 13.0 Å². The Morgan fingerprint density at radius 2 is 1.85 bits per heavy atom. The zero-order chi connectivity index (χ0) is 14.5. The fraction of sp³-hybridized carbons (Fsp3) is 0.294. The number of ether oxygens (including phenoxy) is 1. The van der Waals surface area contributed by atoms with Gasteiger partial charge in [-0.05, 0) is 49.6 Å². The molecule has 0 aliphatic heterocycles. The van der Waals surface area contributed by atoms with Crippen molar-refractivity contribution in [3.63, 3.8) is 0 Å². The summed E-state index contributed by atoms with van der Waals surface area (Å²) in [6, 6.07) is 12.5. The molecule has 0 aliphatic carbocycles. The molecule has 0 radical (unpaired) electrons. The molecule has 0 aromatic heterocycles. The average molecular weight is 273 g/mol. The van der Waals surface area contributed by atoms with Crippen molar-refractivity contribution in [2.75, 3.05) is 0 Å². The van der Waals surface area contributed by atoms with Crippen LogP contribution in [0.4, 0.5) is 4.39 Å². The Morgan fingerprint density at radius 3 is 2.50 bits per heavy atom. The number of benzene rings is 2. The van der Waals surface area contributed by atoms with Crippen molar-refractivity contribution in [1.29, 1.82) is 0 Å². The van der Waals surface area contributed by atoms with Gasteiger partial charge in [-0.1, -0.05) is 29.8 Å². The minimum absolute atomic E-state index is 0.0879. The molecule has 2 aromatic carbocycles. The van der Waals surface area contributed by atoms with Crippen LogP contribution in [0, 0.1) is 12.7 Å². The van der Waals surface area contributed by atoms with E-state index in [1.807, 2.05) is 19.1 Å². The summed E-state index contributed by atoms with van der Waals surface area (Å²) in [7, 11) is 0. The summed E-state index contributed by atoms with van der Waals surface area (Å²) in [4.78, 5) is 0. The van der Waals surface area contributed by atoms with Gasteiger partial charge in [0.15, 0.2) is 0 Å². The van der Waals surface area contributed by atoms with Crippen molar-refractivity contribution < 1.29 is 9.13 Å². The monoisotopic (exact) mass is 273 g/mol. The molecule has 0 fully saturated rings. The largest absolute Gasteiger partial charge is 0.489 e. The van der Waals surface area contributed by atoms with Crippen molar-refractivity contribution in [3.05, 3.63) is 65.0 Å². The van der Waals surface area contributed by atoms with E-state index in [4.69, 9.17) is 10.5 Å². The zero-order valence-corrected chi connectivity index (χ0v) is 11.9. The molecule has 3 heteroatoms. The standard InChI is InChI=1S/C17H20FNO/c1-12-3-8-17(15(9-12)10-13(2)19)20-11-14-4-6-16(18)7-5-14/h3-9,13H,10-11,19H2,1-2H3. The molecular formula is C17H20FNO. The summed E-state index contributed by atoms with van der Waals surface area (Å²) < 4.78 is 18.7. The second kappa shape index (κ2) is 6.53. The number of nitrogens with two attached hydrogens (primary N) is 1. The van der Waals surface area contributed by atoms with Gasteiger partial charge < -0.3 is 10.5 Å². The number of hydrogen-bond donors (Lipinski definition) is 1. The van der Waals surface area contributed by atoms with Crippen molar-refractivity contribution in [3.8, 4) is 5.75 Å². The van der Waals surface area contributed by atoms with E-state index < -0.39 is 0 Å². The Bertz CT molecular complexity index is 564. The van der Waals surface area contributed by atoms with Gasteiger partial charge in [0.05, 0.1) is 0 Å². The van der Waals surface area contributed by atoms with Gasteiger partial charge in [0.2, 0.25) is 0 Å². The van der Waals surface area contributed by atoms with Gasteiger partial charge in [-0.2, -0.15) is 0 Å². The molecule has 0 aliphatic rings. The molecule has 2 rings (SSSR count). The Balaban J connectivity index is 2.10. The normalized spacial score (nSPS) is 12.2. The second-order valence-corrected chi connectivity index (χ2v) is 5.21. The summed E-state index contributed by atoms with van der Waals surface area (Å²) >= 11 is 0. The topological polar surface area (TPSA) is 35.2 Å². The number of rotatable bonds is 5. The Hall–Kier alpha value is -1.87. The van der Waals surface area contributed by atoms with E-state index in [1.54, 1.807) is 12.1 Å². The van der Waals surface area contributed by atoms with Crippen LogP contribution < -0.4 is 10.5 Å². The van der Waals surface area contributed by atoms with Crippen LogP contribution in [0.1, 0.15) is 23.6 Å². The van der Waals surface area contributed by atoms with Crippen LogP contribution in [-0.4, -0.2) is 6.04 Å². The smallest absolute Gasteiger partial charge is 0.123 e. The number of hydrogen-bond acceptors (Lipinski definition) is 2. The van der Waals surface area contributed by atoms with Crippen molar-refractivity contribution in [2.45, 2.75) is 32.9 Å². The predicted molar refractivity (Wildman–Crippen MR) is 79.3 cm³/mol. The van der Waals surface area contributed by atoms with Gasteiger partial charge in [0, 0.05) is 6.04 Å². The van der Waals surface area contributed by atoms with Crippen LogP contribution >= 0.6 is 0 Å². The quantitative estimate of drug-likeness (QED) is 0.903. The fourth-order valence-corrected chi connectivity index (χ4v) is 2.10. The Kier molecular flexibility index (Phi) is 4.74. The molecule has 0 heterocycles. The first-order valence-corrected chi connectivity index (χ1v) is 6.77. The summed E-state index contributed by atoms with van der Waals surface area (Å²) in [5.41, 5.74) is 9.12. The second-order valence-electron chi connectivity index (χ2n) is 5.21. The molecule has 20 heavy (non-hydrogen) atoms. The van der Waals surface area contributed by atoms with E-state index in [-0.39, 0.29) is 11.9 Å². The van der Waals surface area contributed by atoms with Gasteiger partial charge in [0.25, 0.3) is 0 Å². The highest BCUT2D eigenvalue weighted by molar-refractivity contribution is 5.37. The lowest BCUT2D eigenvalue weighted by Gasteiger charge is -2.14. The highest BCUT2D eigenvalue weighted by Gasteiger charge is 2.07. The summed E-state index contributed by atoms with van der Waals surface area (Å²) in [5.74, 6) is 0.610. The van der Waals surface area contributed by atoms with E-state index in [9.17, 15) is 4.39 Å². The molecule has 0 bridgehead atoms. The summed E-state index contributed by atoms with van der Waals surface area (Å²) in [5, 5.41) is 0. The van der Waals surface area contributed by atoms with E-state index >= 15 is 0 Å². The minimum atomic E-state index is -0.235. The Labute approximate surface area is 119 Å². The van der Waals surface area contributed by atoms with E-state index in [0.717, 1.165) is 23.3 Å². The Morgan fingerprint density at radius 1 is 1.15 bits per heavy atom. The predicted octanol–water partition coefficient (Wildman–Crippen LogP) is 3.60. The molecular weight excluding hydrogens is 253 g/mol. The molecule has 0 saturated carbocycles. The summed E-state index contributed by atoms with van der Waals surface area (Å²) in [6.07, 6.45) is 0.778. The molecule has 0 spiro atoms. The molecule has 106 valence electrons. The van der Waals surface area contributed by atoms with Crippen LogP contribution in [-0.2, 0) is 13.0 Å². The molecule has 2 nitrogen and oxygen atoms in total. The maximum atomic E-state index is 12.8. The molecule has 2 aromatic rings. The first kappa shape index (κ1) is 14.5. The molecule has 1 unspecified atom stereocenters.